The lowest BCUT2D eigenvalue weighted by Gasteiger charge is -2.07. The van der Waals surface area contributed by atoms with Gasteiger partial charge in [0.1, 0.15) is 5.75 Å². The molecule has 1 heterocycles. The van der Waals surface area contributed by atoms with E-state index in [1.165, 1.54) is 25.6 Å². The summed E-state index contributed by atoms with van der Waals surface area (Å²) in [6.45, 7) is 0. The van der Waals surface area contributed by atoms with E-state index in [0.29, 0.717) is 27.3 Å². The number of anilines is 2. The number of ether oxygens (including phenoxy) is 2. The van der Waals surface area contributed by atoms with Gasteiger partial charge in [-0.15, -0.1) is 11.3 Å². The summed E-state index contributed by atoms with van der Waals surface area (Å²) >= 11 is 7.21. The first-order valence-electron chi connectivity index (χ1n) is 6.44. The van der Waals surface area contributed by atoms with Crippen LogP contribution in [-0.4, -0.2) is 31.2 Å². The molecule has 0 atom stereocenters. The van der Waals surface area contributed by atoms with Crippen LogP contribution in [0.3, 0.4) is 0 Å². The molecule has 2 N–H and O–H groups in total. The van der Waals surface area contributed by atoms with E-state index in [-0.39, 0.29) is 12.3 Å². The van der Waals surface area contributed by atoms with Crippen LogP contribution in [0, 0.1) is 0 Å². The number of hydrogen-bond donors (Lipinski definition) is 2. The van der Waals surface area contributed by atoms with Crippen molar-refractivity contribution >= 4 is 45.8 Å². The zero-order valence-corrected chi connectivity index (χ0v) is 14.0. The topological polar surface area (TPSA) is 89.5 Å². The molecule has 0 aliphatic rings. The first kappa shape index (κ1) is 17.0. The number of aromatic nitrogens is 1. The average Bonchev–Trinajstić information content (AvgIpc) is 2.94. The van der Waals surface area contributed by atoms with Crippen LogP contribution >= 0.6 is 22.9 Å². The summed E-state index contributed by atoms with van der Waals surface area (Å²) in [5.74, 6) is 0.281. The molecule has 2 amide bonds. The van der Waals surface area contributed by atoms with Crippen LogP contribution in [0.5, 0.6) is 5.75 Å². The lowest BCUT2D eigenvalue weighted by molar-refractivity contribution is -0.115. The van der Waals surface area contributed by atoms with Crippen molar-refractivity contribution in [2.24, 2.45) is 0 Å². The maximum atomic E-state index is 12.0. The number of nitrogens with one attached hydrogen (secondary N) is 2. The Kier molecular flexibility index (Phi) is 5.78. The van der Waals surface area contributed by atoms with E-state index in [2.05, 4.69) is 20.4 Å². The van der Waals surface area contributed by atoms with Crippen LogP contribution in [0.2, 0.25) is 5.02 Å². The van der Waals surface area contributed by atoms with Gasteiger partial charge in [-0.1, -0.05) is 11.6 Å². The zero-order valence-electron chi connectivity index (χ0n) is 12.4. The van der Waals surface area contributed by atoms with Crippen molar-refractivity contribution in [3.05, 3.63) is 34.3 Å². The van der Waals surface area contributed by atoms with Gasteiger partial charge in [0.2, 0.25) is 5.91 Å². The minimum Gasteiger partial charge on any atom is -0.495 e. The second-order valence-corrected chi connectivity index (χ2v) is 5.60. The van der Waals surface area contributed by atoms with Crippen molar-refractivity contribution in [2.75, 3.05) is 24.9 Å². The molecule has 0 unspecified atom stereocenters. The van der Waals surface area contributed by atoms with Crippen molar-refractivity contribution in [2.45, 2.75) is 6.42 Å². The lowest BCUT2D eigenvalue weighted by Crippen LogP contribution is -2.15. The highest BCUT2D eigenvalue weighted by Crippen LogP contribution is 2.27. The Bertz CT molecular complexity index is 720. The van der Waals surface area contributed by atoms with Gasteiger partial charge in [0, 0.05) is 11.1 Å². The number of nitrogens with zero attached hydrogens (tertiary/aromatic N) is 1. The fourth-order valence-electron chi connectivity index (χ4n) is 1.70. The van der Waals surface area contributed by atoms with Crippen molar-refractivity contribution in [1.82, 2.24) is 4.98 Å². The second-order valence-electron chi connectivity index (χ2n) is 4.33. The normalized spacial score (nSPS) is 10.0. The molecule has 0 saturated heterocycles. The van der Waals surface area contributed by atoms with Crippen molar-refractivity contribution in [1.29, 1.82) is 0 Å². The van der Waals surface area contributed by atoms with Gasteiger partial charge in [0.25, 0.3) is 0 Å². The predicted molar refractivity (Wildman–Crippen MR) is 88.5 cm³/mol. The quantitative estimate of drug-likeness (QED) is 0.859. The number of carbonyl (C=O) groups is 2. The Labute approximate surface area is 141 Å². The Hall–Kier alpha value is -2.32. The summed E-state index contributed by atoms with van der Waals surface area (Å²) in [7, 11) is 2.78. The maximum Gasteiger partial charge on any atom is 0.413 e. The molecule has 0 aliphatic carbocycles. The number of methoxy groups -OCH3 is 2. The molecular weight excluding hydrogens is 342 g/mol. The van der Waals surface area contributed by atoms with Crippen molar-refractivity contribution < 1.29 is 19.1 Å². The SMILES string of the molecule is COC(=O)Nc1nc(CC(=O)Nc2ccc(OC)c(Cl)c2)cs1. The highest BCUT2D eigenvalue weighted by molar-refractivity contribution is 7.13. The monoisotopic (exact) mass is 355 g/mol. The van der Waals surface area contributed by atoms with E-state index in [4.69, 9.17) is 16.3 Å². The average molecular weight is 356 g/mol. The number of amides is 2. The molecule has 0 aliphatic heterocycles. The Balaban J connectivity index is 1.94. The summed E-state index contributed by atoms with van der Waals surface area (Å²) in [6.07, 6.45) is -0.536. The molecule has 122 valence electrons. The van der Waals surface area contributed by atoms with Gasteiger partial charge in [-0.3, -0.25) is 10.1 Å². The van der Waals surface area contributed by atoms with E-state index >= 15 is 0 Å². The first-order valence-corrected chi connectivity index (χ1v) is 7.70. The summed E-state index contributed by atoms with van der Waals surface area (Å²) in [5.41, 5.74) is 1.10. The highest BCUT2D eigenvalue weighted by atomic mass is 35.5. The van der Waals surface area contributed by atoms with Gasteiger partial charge in [-0.25, -0.2) is 9.78 Å². The van der Waals surface area contributed by atoms with Crippen LogP contribution < -0.4 is 15.4 Å². The first-order chi connectivity index (χ1) is 11.0. The molecule has 0 fully saturated rings. The fraction of sp³-hybridized carbons (Fsp3) is 0.214. The minimum absolute atomic E-state index is 0.0724. The van der Waals surface area contributed by atoms with E-state index in [0.717, 1.165) is 0 Å². The molecule has 1 aromatic carbocycles. The maximum absolute atomic E-state index is 12.0. The van der Waals surface area contributed by atoms with Gasteiger partial charge in [-0.2, -0.15) is 0 Å². The summed E-state index contributed by atoms with van der Waals surface area (Å²) < 4.78 is 9.51. The lowest BCUT2D eigenvalue weighted by atomic mass is 10.2. The molecule has 0 spiro atoms. The molecule has 2 aromatic rings. The fourth-order valence-corrected chi connectivity index (χ4v) is 2.65. The van der Waals surface area contributed by atoms with Crippen LogP contribution in [0.1, 0.15) is 5.69 Å². The van der Waals surface area contributed by atoms with Gasteiger partial charge >= 0.3 is 6.09 Å². The molecule has 0 bridgehead atoms. The second kappa shape index (κ2) is 7.80. The van der Waals surface area contributed by atoms with Gasteiger partial charge in [0.15, 0.2) is 5.13 Å². The number of rotatable bonds is 5. The third kappa shape index (κ3) is 4.83. The largest absolute Gasteiger partial charge is 0.495 e. The predicted octanol–water partition coefficient (Wildman–Crippen LogP) is 3.16. The third-order valence-electron chi connectivity index (χ3n) is 2.72. The van der Waals surface area contributed by atoms with Crippen LogP contribution in [0.4, 0.5) is 15.6 Å². The third-order valence-corrected chi connectivity index (χ3v) is 3.83. The van der Waals surface area contributed by atoms with Gasteiger partial charge in [-0.05, 0) is 18.2 Å². The smallest absolute Gasteiger partial charge is 0.413 e. The molecular formula is C14H14ClN3O4S. The molecule has 0 saturated carbocycles. The highest BCUT2D eigenvalue weighted by Gasteiger charge is 2.11. The molecule has 9 heteroatoms. The standard InChI is InChI=1S/C14H14ClN3O4S/c1-21-11-4-3-8(5-10(11)15)16-12(19)6-9-7-23-13(17-9)18-14(20)22-2/h3-5,7H,6H2,1-2H3,(H,16,19)(H,17,18,20). The summed E-state index contributed by atoms with van der Waals surface area (Å²) in [5, 5.41) is 7.62. The Morgan fingerprint density at radius 1 is 1.30 bits per heavy atom. The molecule has 1 aromatic heterocycles. The number of halogens is 1. The molecule has 7 nitrogen and oxygen atoms in total. The van der Waals surface area contributed by atoms with E-state index in [1.54, 1.807) is 23.6 Å². The summed E-state index contributed by atoms with van der Waals surface area (Å²) in [6, 6.07) is 4.96. The van der Waals surface area contributed by atoms with E-state index in [9.17, 15) is 9.59 Å². The van der Waals surface area contributed by atoms with Gasteiger partial charge in [0.05, 0.1) is 31.4 Å². The number of carbonyl (C=O) groups excluding carboxylic acids is 2. The van der Waals surface area contributed by atoms with E-state index in [1.807, 2.05) is 0 Å². The van der Waals surface area contributed by atoms with E-state index < -0.39 is 6.09 Å². The van der Waals surface area contributed by atoms with Crippen LogP contribution in [-0.2, 0) is 16.0 Å². The van der Waals surface area contributed by atoms with Crippen molar-refractivity contribution in [3.63, 3.8) is 0 Å². The number of hydrogen-bond acceptors (Lipinski definition) is 6. The molecule has 0 radical (unpaired) electrons. The van der Waals surface area contributed by atoms with Gasteiger partial charge < -0.3 is 14.8 Å². The number of thiazole rings is 1. The van der Waals surface area contributed by atoms with Crippen molar-refractivity contribution in [3.8, 4) is 5.75 Å². The zero-order chi connectivity index (χ0) is 16.8. The number of benzene rings is 1. The minimum atomic E-state index is -0.608. The Morgan fingerprint density at radius 2 is 2.09 bits per heavy atom. The van der Waals surface area contributed by atoms with Crippen LogP contribution in [0.25, 0.3) is 0 Å². The molecule has 23 heavy (non-hydrogen) atoms. The molecule has 2 rings (SSSR count). The van der Waals surface area contributed by atoms with Crippen LogP contribution in [0.15, 0.2) is 23.6 Å². The Morgan fingerprint density at radius 3 is 2.74 bits per heavy atom. The summed E-state index contributed by atoms with van der Waals surface area (Å²) in [4.78, 5) is 27.2.